The van der Waals surface area contributed by atoms with Crippen LogP contribution in [0.2, 0.25) is 0 Å². The first-order chi connectivity index (χ1) is 3.27. The molecule has 7 heavy (non-hydrogen) atoms. The van der Waals surface area contributed by atoms with Crippen molar-refractivity contribution < 1.29 is 4.18 Å². The minimum absolute atomic E-state index is 0.660. The summed E-state index contributed by atoms with van der Waals surface area (Å²) in [5.74, 6) is 0.660. The molecular formula is C5H12OS. The fourth-order valence-corrected chi connectivity index (χ4v) is 0.612. The lowest BCUT2D eigenvalue weighted by Crippen LogP contribution is -1.94. The van der Waals surface area contributed by atoms with Crippen molar-refractivity contribution in [3.05, 3.63) is 0 Å². The minimum Gasteiger partial charge on any atom is -0.315 e. The van der Waals surface area contributed by atoms with Gasteiger partial charge in [0.2, 0.25) is 0 Å². The van der Waals surface area contributed by atoms with Gasteiger partial charge in [-0.05, 0) is 18.0 Å². The van der Waals surface area contributed by atoms with Gasteiger partial charge in [-0.15, -0.1) is 0 Å². The van der Waals surface area contributed by atoms with Gasteiger partial charge < -0.3 is 4.18 Å². The zero-order valence-electron chi connectivity index (χ0n) is 5.10. The van der Waals surface area contributed by atoms with Gasteiger partial charge in [-0.1, -0.05) is 13.8 Å². The van der Waals surface area contributed by atoms with Crippen LogP contribution in [0.1, 0.15) is 13.8 Å². The number of hydrogen-bond acceptors (Lipinski definition) is 2. The molecule has 0 saturated carbocycles. The Hall–Kier alpha value is 0.310. The van der Waals surface area contributed by atoms with Crippen molar-refractivity contribution in [3.63, 3.8) is 0 Å². The monoisotopic (exact) mass is 120 g/mol. The lowest BCUT2D eigenvalue weighted by molar-refractivity contribution is 0.317. The van der Waals surface area contributed by atoms with Crippen molar-refractivity contribution in [1.82, 2.24) is 0 Å². The third kappa shape index (κ3) is 6.31. The first kappa shape index (κ1) is 7.31. The molecule has 0 aromatic rings. The second-order valence-electron chi connectivity index (χ2n) is 1.85. The van der Waals surface area contributed by atoms with E-state index in [-0.39, 0.29) is 0 Å². The van der Waals surface area contributed by atoms with Gasteiger partial charge in [0.25, 0.3) is 0 Å². The van der Waals surface area contributed by atoms with Crippen molar-refractivity contribution in [1.29, 1.82) is 0 Å². The zero-order chi connectivity index (χ0) is 5.70. The largest absolute Gasteiger partial charge is 0.315 e. The van der Waals surface area contributed by atoms with Crippen molar-refractivity contribution >= 4 is 12.0 Å². The van der Waals surface area contributed by atoms with Crippen LogP contribution >= 0.6 is 12.0 Å². The van der Waals surface area contributed by atoms with E-state index in [9.17, 15) is 0 Å². The third-order valence-electron chi connectivity index (χ3n) is 0.519. The molecular weight excluding hydrogens is 108 g/mol. The van der Waals surface area contributed by atoms with Crippen molar-refractivity contribution in [2.45, 2.75) is 13.8 Å². The molecule has 0 amide bonds. The average molecular weight is 120 g/mol. The fraction of sp³-hybridized carbons (Fsp3) is 1.00. The molecule has 0 aliphatic heterocycles. The zero-order valence-corrected chi connectivity index (χ0v) is 5.92. The summed E-state index contributed by atoms with van der Waals surface area (Å²) >= 11 is 1.43. The summed E-state index contributed by atoms with van der Waals surface area (Å²) in [6.45, 7) is 5.13. The normalized spacial score (nSPS) is 10.3. The Morgan fingerprint density at radius 2 is 2.14 bits per heavy atom. The lowest BCUT2D eigenvalue weighted by Gasteiger charge is -1.99. The first-order valence-electron chi connectivity index (χ1n) is 2.43. The second-order valence-corrected chi connectivity index (χ2v) is 2.41. The predicted octanol–water partition coefficient (Wildman–Crippen LogP) is 1.94. The Labute approximate surface area is 49.6 Å². The molecule has 0 saturated heterocycles. The van der Waals surface area contributed by atoms with Crippen LogP contribution in [0.4, 0.5) is 0 Å². The molecule has 0 aromatic heterocycles. The Kier molecular flexibility index (Phi) is 4.67. The van der Waals surface area contributed by atoms with Crippen LogP contribution in [0.25, 0.3) is 0 Å². The Bertz CT molecular complexity index is 37.1. The molecule has 0 atom stereocenters. The molecule has 0 aromatic carbocycles. The van der Waals surface area contributed by atoms with Crippen LogP contribution in [0.15, 0.2) is 0 Å². The van der Waals surface area contributed by atoms with Crippen molar-refractivity contribution in [2.24, 2.45) is 5.92 Å². The summed E-state index contributed by atoms with van der Waals surface area (Å²) < 4.78 is 5.01. The van der Waals surface area contributed by atoms with E-state index in [1.54, 1.807) is 0 Å². The number of hydrogen-bond donors (Lipinski definition) is 0. The molecule has 1 nitrogen and oxygen atoms in total. The molecule has 0 aliphatic carbocycles. The summed E-state index contributed by atoms with van der Waals surface area (Å²) in [6.07, 6.45) is 1.93. The molecule has 0 spiro atoms. The first-order valence-corrected chi connectivity index (χ1v) is 3.58. The smallest absolute Gasteiger partial charge is 0.0636 e. The molecule has 0 bridgehead atoms. The second kappa shape index (κ2) is 4.47. The van der Waals surface area contributed by atoms with Crippen LogP contribution in [0, 0.1) is 5.92 Å². The average Bonchev–Trinajstić information content (AvgIpc) is 1.61. The molecule has 0 aliphatic rings. The highest BCUT2D eigenvalue weighted by Gasteiger charge is 1.89. The van der Waals surface area contributed by atoms with E-state index in [1.165, 1.54) is 12.0 Å². The van der Waals surface area contributed by atoms with E-state index in [1.807, 2.05) is 6.26 Å². The van der Waals surface area contributed by atoms with Gasteiger partial charge in [0.15, 0.2) is 0 Å². The molecule has 0 N–H and O–H groups in total. The van der Waals surface area contributed by atoms with Gasteiger partial charge >= 0.3 is 0 Å². The highest BCUT2D eigenvalue weighted by atomic mass is 32.2. The standard InChI is InChI=1S/C5H12OS/c1-5(2)4-6-7-3/h5H,4H2,1-3H3. The maximum atomic E-state index is 5.01. The molecule has 0 unspecified atom stereocenters. The van der Waals surface area contributed by atoms with Crippen LogP contribution in [0.5, 0.6) is 0 Å². The lowest BCUT2D eigenvalue weighted by atomic mass is 10.2. The third-order valence-corrected chi connectivity index (χ3v) is 0.891. The van der Waals surface area contributed by atoms with Crippen molar-refractivity contribution in [3.8, 4) is 0 Å². The summed E-state index contributed by atoms with van der Waals surface area (Å²) in [4.78, 5) is 0. The van der Waals surface area contributed by atoms with E-state index in [2.05, 4.69) is 13.8 Å². The van der Waals surface area contributed by atoms with Crippen LogP contribution in [0.3, 0.4) is 0 Å². The Morgan fingerprint density at radius 3 is 2.29 bits per heavy atom. The van der Waals surface area contributed by atoms with Crippen LogP contribution in [-0.2, 0) is 4.18 Å². The topological polar surface area (TPSA) is 9.23 Å². The van der Waals surface area contributed by atoms with Crippen LogP contribution in [-0.4, -0.2) is 12.9 Å². The molecule has 2 heteroatoms. The Balaban J connectivity index is 2.68. The van der Waals surface area contributed by atoms with E-state index in [0.29, 0.717) is 5.92 Å². The predicted molar refractivity (Wildman–Crippen MR) is 34.3 cm³/mol. The van der Waals surface area contributed by atoms with E-state index < -0.39 is 0 Å². The van der Waals surface area contributed by atoms with Crippen molar-refractivity contribution in [2.75, 3.05) is 12.9 Å². The van der Waals surface area contributed by atoms with Gasteiger partial charge in [0.05, 0.1) is 6.61 Å². The maximum Gasteiger partial charge on any atom is 0.0636 e. The van der Waals surface area contributed by atoms with Gasteiger partial charge in [-0.2, -0.15) is 0 Å². The SMILES string of the molecule is CSOCC(C)C. The summed E-state index contributed by atoms with van der Waals surface area (Å²) in [6, 6.07) is 0. The highest BCUT2D eigenvalue weighted by Crippen LogP contribution is 1.99. The number of rotatable bonds is 3. The molecule has 0 fully saturated rings. The van der Waals surface area contributed by atoms with Gasteiger partial charge in [-0.3, -0.25) is 0 Å². The van der Waals surface area contributed by atoms with E-state index in [4.69, 9.17) is 4.18 Å². The molecule has 0 heterocycles. The quantitative estimate of drug-likeness (QED) is 0.526. The molecule has 0 rings (SSSR count). The fourth-order valence-electron chi connectivity index (χ4n) is 0.204. The molecule has 0 radical (unpaired) electrons. The van der Waals surface area contributed by atoms with E-state index in [0.717, 1.165) is 6.61 Å². The van der Waals surface area contributed by atoms with Gasteiger partial charge in [0, 0.05) is 6.26 Å². The minimum atomic E-state index is 0.660. The summed E-state index contributed by atoms with van der Waals surface area (Å²) in [5.41, 5.74) is 0. The Morgan fingerprint density at radius 1 is 1.57 bits per heavy atom. The summed E-state index contributed by atoms with van der Waals surface area (Å²) in [5, 5.41) is 0. The van der Waals surface area contributed by atoms with E-state index >= 15 is 0 Å². The highest BCUT2D eigenvalue weighted by molar-refractivity contribution is 7.93. The van der Waals surface area contributed by atoms with Crippen LogP contribution < -0.4 is 0 Å². The van der Waals surface area contributed by atoms with Gasteiger partial charge in [-0.25, -0.2) is 0 Å². The maximum absolute atomic E-state index is 5.01. The van der Waals surface area contributed by atoms with Gasteiger partial charge in [0.1, 0.15) is 0 Å². The molecule has 44 valence electrons. The summed E-state index contributed by atoms with van der Waals surface area (Å²) in [7, 11) is 0.